The van der Waals surface area contributed by atoms with Crippen LogP contribution in [0.15, 0.2) is 54.6 Å². The van der Waals surface area contributed by atoms with E-state index in [9.17, 15) is 9.59 Å². The Morgan fingerprint density at radius 3 is 2.38 bits per heavy atom. The van der Waals surface area contributed by atoms with E-state index in [2.05, 4.69) is 22.8 Å². The van der Waals surface area contributed by atoms with Crippen LogP contribution < -0.4 is 10.6 Å². The van der Waals surface area contributed by atoms with E-state index in [0.29, 0.717) is 5.56 Å². The third-order valence-corrected chi connectivity index (χ3v) is 5.72. The second kappa shape index (κ2) is 9.90. The molecule has 2 atom stereocenters. The molecule has 154 valence electrons. The summed E-state index contributed by atoms with van der Waals surface area (Å²) in [5, 5.41) is 6.21. The normalized spacial score (nSPS) is 21.3. The molecular formula is C23H28ClN3O2. The molecule has 29 heavy (non-hydrogen) atoms. The fourth-order valence-corrected chi connectivity index (χ4v) is 4.20. The number of rotatable bonds is 4. The number of hydrogen-bond acceptors (Lipinski definition) is 3. The molecule has 2 N–H and O–H groups in total. The zero-order valence-electron chi connectivity index (χ0n) is 16.5. The first-order chi connectivity index (χ1) is 13.7. The summed E-state index contributed by atoms with van der Waals surface area (Å²) in [5.41, 5.74) is 2.59. The first kappa shape index (κ1) is 21.3. The number of anilines is 1. The van der Waals surface area contributed by atoms with E-state index in [-0.39, 0.29) is 36.3 Å². The van der Waals surface area contributed by atoms with Crippen LogP contribution >= 0.6 is 12.4 Å². The summed E-state index contributed by atoms with van der Waals surface area (Å²) < 4.78 is 0. The van der Waals surface area contributed by atoms with Gasteiger partial charge >= 0.3 is 0 Å². The molecule has 0 radical (unpaired) electrons. The van der Waals surface area contributed by atoms with Gasteiger partial charge in [-0.15, -0.1) is 12.4 Å². The first-order valence-electron chi connectivity index (χ1n) is 10.2. The molecule has 2 aliphatic heterocycles. The van der Waals surface area contributed by atoms with Crippen LogP contribution in [0.1, 0.15) is 54.1 Å². The van der Waals surface area contributed by atoms with E-state index in [1.807, 2.05) is 47.4 Å². The summed E-state index contributed by atoms with van der Waals surface area (Å²) in [6.07, 6.45) is 5.10. The molecule has 0 spiro atoms. The van der Waals surface area contributed by atoms with Crippen molar-refractivity contribution in [3.63, 3.8) is 0 Å². The number of halogens is 1. The van der Waals surface area contributed by atoms with Crippen LogP contribution in [-0.4, -0.2) is 35.8 Å². The average Bonchev–Trinajstić information content (AvgIpc) is 3.25. The van der Waals surface area contributed by atoms with Crippen molar-refractivity contribution in [3.8, 4) is 0 Å². The third kappa shape index (κ3) is 4.98. The lowest BCUT2D eigenvalue weighted by Crippen LogP contribution is -2.43. The van der Waals surface area contributed by atoms with Crippen LogP contribution in [0.25, 0.3) is 0 Å². The topological polar surface area (TPSA) is 61.4 Å². The van der Waals surface area contributed by atoms with E-state index in [4.69, 9.17) is 0 Å². The van der Waals surface area contributed by atoms with Gasteiger partial charge in [-0.1, -0.05) is 36.8 Å². The predicted octanol–water partition coefficient (Wildman–Crippen LogP) is 4.17. The number of piperidine rings is 1. The molecule has 4 rings (SSSR count). The Bertz CT molecular complexity index is 820. The van der Waals surface area contributed by atoms with E-state index in [1.165, 1.54) is 5.56 Å². The van der Waals surface area contributed by atoms with Crippen LogP contribution in [-0.2, 0) is 4.79 Å². The maximum absolute atomic E-state index is 13.0. The van der Waals surface area contributed by atoms with Crippen molar-refractivity contribution < 1.29 is 9.59 Å². The van der Waals surface area contributed by atoms with Crippen molar-refractivity contribution in [2.24, 2.45) is 0 Å². The number of hydrogen-bond donors (Lipinski definition) is 2. The van der Waals surface area contributed by atoms with Gasteiger partial charge in [0.1, 0.15) is 0 Å². The van der Waals surface area contributed by atoms with Gasteiger partial charge in [0.2, 0.25) is 5.91 Å². The van der Waals surface area contributed by atoms with Crippen LogP contribution in [0.4, 0.5) is 5.69 Å². The maximum Gasteiger partial charge on any atom is 0.254 e. The maximum atomic E-state index is 13.0. The number of likely N-dealkylation sites (tertiary alicyclic amines) is 1. The molecule has 2 amide bonds. The number of nitrogens with one attached hydrogen (secondary N) is 2. The highest BCUT2D eigenvalue weighted by atomic mass is 35.5. The summed E-state index contributed by atoms with van der Waals surface area (Å²) in [6, 6.07) is 17.5. The minimum atomic E-state index is -0.119. The minimum Gasteiger partial charge on any atom is -0.332 e. The van der Waals surface area contributed by atoms with Gasteiger partial charge in [-0.3, -0.25) is 9.59 Å². The van der Waals surface area contributed by atoms with Gasteiger partial charge < -0.3 is 15.5 Å². The Morgan fingerprint density at radius 2 is 1.69 bits per heavy atom. The molecule has 0 aromatic heterocycles. The zero-order valence-corrected chi connectivity index (χ0v) is 17.3. The van der Waals surface area contributed by atoms with Gasteiger partial charge in [0, 0.05) is 17.8 Å². The van der Waals surface area contributed by atoms with Crippen LogP contribution in [0, 0.1) is 0 Å². The smallest absolute Gasteiger partial charge is 0.254 e. The SMILES string of the molecule is Cl.O=C(Nc1ccc(C(=O)N2CCCC2c2ccccc2)cc1)C1CCCCN1. The molecule has 0 bridgehead atoms. The molecule has 5 nitrogen and oxygen atoms in total. The number of benzene rings is 2. The van der Waals surface area contributed by atoms with Crippen molar-refractivity contribution in [1.82, 2.24) is 10.2 Å². The number of amides is 2. The molecule has 0 saturated carbocycles. The van der Waals surface area contributed by atoms with Crippen molar-refractivity contribution in [1.29, 1.82) is 0 Å². The number of carbonyl (C=O) groups is 2. The van der Waals surface area contributed by atoms with Crippen molar-refractivity contribution in [2.45, 2.75) is 44.2 Å². The number of carbonyl (C=O) groups excluding carboxylic acids is 2. The Kier molecular flexibility index (Phi) is 7.29. The third-order valence-electron chi connectivity index (χ3n) is 5.72. The Morgan fingerprint density at radius 1 is 0.931 bits per heavy atom. The fraction of sp³-hybridized carbons (Fsp3) is 0.391. The van der Waals surface area contributed by atoms with Crippen molar-refractivity contribution >= 4 is 29.9 Å². The van der Waals surface area contributed by atoms with Gasteiger partial charge in [-0.25, -0.2) is 0 Å². The van der Waals surface area contributed by atoms with Gasteiger partial charge in [0.15, 0.2) is 0 Å². The van der Waals surface area contributed by atoms with E-state index in [0.717, 1.165) is 50.9 Å². The van der Waals surface area contributed by atoms with E-state index < -0.39 is 0 Å². The summed E-state index contributed by atoms with van der Waals surface area (Å²) >= 11 is 0. The molecule has 2 saturated heterocycles. The van der Waals surface area contributed by atoms with Crippen molar-refractivity contribution in [3.05, 3.63) is 65.7 Å². The molecule has 2 aromatic rings. The number of nitrogens with zero attached hydrogens (tertiary/aromatic N) is 1. The standard InChI is InChI=1S/C23H27N3O2.ClH/c27-22(20-9-4-5-15-24-20)25-19-13-11-18(12-14-19)23(28)26-16-6-10-21(26)17-7-2-1-3-8-17;/h1-3,7-8,11-14,20-21,24H,4-6,9-10,15-16H2,(H,25,27);1H. The lowest BCUT2D eigenvalue weighted by molar-refractivity contribution is -0.118. The summed E-state index contributed by atoms with van der Waals surface area (Å²) in [7, 11) is 0. The molecule has 2 aromatic carbocycles. The van der Waals surface area contributed by atoms with Crippen molar-refractivity contribution in [2.75, 3.05) is 18.4 Å². The second-order valence-electron chi connectivity index (χ2n) is 7.64. The monoisotopic (exact) mass is 413 g/mol. The van der Waals surface area contributed by atoms with E-state index >= 15 is 0 Å². The molecule has 6 heteroatoms. The average molecular weight is 414 g/mol. The molecule has 2 unspecified atom stereocenters. The second-order valence-corrected chi connectivity index (χ2v) is 7.64. The van der Waals surface area contributed by atoms with E-state index in [1.54, 1.807) is 0 Å². The largest absolute Gasteiger partial charge is 0.332 e. The molecular weight excluding hydrogens is 386 g/mol. The van der Waals surface area contributed by atoms with Crippen LogP contribution in [0.3, 0.4) is 0 Å². The first-order valence-corrected chi connectivity index (χ1v) is 10.2. The predicted molar refractivity (Wildman–Crippen MR) is 117 cm³/mol. The Balaban J connectivity index is 0.00000240. The van der Waals surface area contributed by atoms with Crippen LogP contribution in [0.2, 0.25) is 0 Å². The minimum absolute atomic E-state index is 0. The molecule has 2 fully saturated rings. The zero-order chi connectivity index (χ0) is 19.3. The van der Waals surface area contributed by atoms with Crippen LogP contribution in [0.5, 0.6) is 0 Å². The molecule has 0 aliphatic carbocycles. The fourth-order valence-electron chi connectivity index (χ4n) is 4.20. The van der Waals surface area contributed by atoms with Gasteiger partial charge in [0.05, 0.1) is 12.1 Å². The Labute approximate surface area is 178 Å². The lowest BCUT2D eigenvalue weighted by Gasteiger charge is -2.25. The highest BCUT2D eigenvalue weighted by Crippen LogP contribution is 2.33. The van der Waals surface area contributed by atoms with Gasteiger partial charge in [-0.2, -0.15) is 0 Å². The quantitative estimate of drug-likeness (QED) is 0.790. The summed E-state index contributed by atoms with van der Waals surface area (Å²) in [6.45, 7) is 1.67. The summed E-state index contributed by atoms with van der Waals surface area (Å²) in [5.74, 6) is 0.0561. The Hall–Kier alpha value is -2.37. The highest BCUT2D eigenvalue weighted by molar-refractivity contribution is 5.97. The van der Waals surface area contributed by atoms with Gasteiger partial charge in [0.25, 0.3) is 5.91 Å². The highest BCUT2D eigenvalue weighted by Gasteiger charge is 2.30. The van der Waals surface area contributed by atoms with Gasteiger partial charge in [-0.05, 0) is 62.1 Å². The lowest BCUT2D eigenvalue weighted by atomic mass is 10.0. The molecule has 2 aliphatic rings. The molecule has 2 heterocycles. The summed E-state index contributed by atoms with van der Waals surface area (Å²) in [4.78, 5) is 27.4.